The molecule has 2 rings (SSSR count). The van der Waals surface area contributed by atoms with Crippen LogP contribution in [0.25, 0.3) is 0 Å². The number of aryl methyl sites for hydroxylation is 1. The first-order chi connectivity index (χ1) is 11.0. The van der Waals surface area contributed by atoms with Gasteiger partial charge in [0.2, 0.25) is 0 Å². The third-order valence-electron chi connectivity index (χ3n) is 3.60. The molecule has 0 aromatic heterocycles. The molecule has 0 radical (unpaired) electrons. The Morgan fingerprint density at radius 1 is 1.43 bits per heavy atom. The van der Waals surface area contributed by atoms with Crippen molar-refractivity contribution >= 4 is 39.2 Å². The van der Waals surface area contributed by atoms with Crippen LogP contribution in [0.15, 0.2) is 23.2 Å². The zero-order valence-corrected chi connectivity index (χ0v) is 15.4. The maximum Gasteiger partial charge on any atom is 0.276 e. The molecule has 1 aliphatic rings. The number of ether oxygens (including phenoxy) is 1. The molecule has 5 nitrogen and oxygen atoms in total. The molecule has 0 unspecified atom stereocenters. The quantitative estimate of drug-likeness (QED) is 0.404. The molecule has 7 heteroatoms. The normalized spacial score (nSPS) is 12.3. The standard InChI is InChI=1S/C16H20BrN3O2S/c1-3-7-18-16(23)20-19-14(21)9-22-15-12-6-4-5-11(12)10(2)8-13(15)17/h3,8H,1,4-7,9H2,2H3,(H,19,21)(H2,18,20,23). The summed E-state index contributed by atoms with van der Waals surface area (Å²) in [6, 6.07) is 2.05. The van der Waals surface area contributed by atoms with E-state index in [1.54, 1.807) is 6.08 Å². The number of halogens is 1. The van der Waals surface area contributed by atoms with Crippen molar-refractivity contribution < 1.29 is 9.53 Å². The van der Waals surface area contributed by atoms with Crippen molar-refractivity contribution in [3.63, 3.8) is 0 Å². The average Bonchev–Trinajstić information content (AvgIpc) is 3.00. The lowest BCUT2D eigenvalue weighted by molar-refractivity contribution is -0.123. The Labute approximate surface area is 150 Å². The van der Waals surface area contributed by atoms with Gasteiger partial charge in [-0.3, -0.25) is 15.6 Å². The van der Waals surface area contributed by atoms with E-state index < -0.39 is 0 Å². The molecule has 0 heterocycles. The number of amides is 1. The van der Waals surface area contributed by atoms with Crippen molar-refractivity contribution in [2.75, 3.05) is 13.2 Å². The van der Waals surface area contributed by atoms with Crippen LogP contribution in [0.4, 0.5) is 0 Å². The lowest BCUT2D eigenvalue weighted by atomic mass is 10.0. The van der Waals surface area contributed by atoms with Crippen LogP contribution in [0.5, 0.6) is 5.75 Å². The lowest BCUT2D eigenvalue weighted by Crippen LogP contribution is -2.48. The molecule has 0 saturated heterocycles. The van der Waals surface area contributed by atoms with Crippen LogP contribution in [0, 0.1) is 6.92 Å². The Bertz CT molecular complexity index is 634. The van der Waals surface area contributed by atoms with Crippen LogP contribution in [0.3, 0.4) is 0 Å². The van der Waals surface area contributed by atoms with Gasteiger partial charge in [-0.05, 0) is 77.1 Å². The van der Waals surface area contributed by atoms with E-state index >= 15 is 0 Å². The first-order valence-electron chi connectivity index (χ1n) is 7.40. The second-order valence-corrected chi connectivity index (χ2v) is 6.54. The molecule has 0 spiro atoms. The highest BCUT2D eigenvalue weighted by Gasteiger charge is 2.21. The Morgan fingerprint density at radius 2 is 2.17 bits per heavy atom. The molecule has 1 amide bonds. The number of rotatable bonds is 5. The van der Waals surface area contributed by atoms with E-state index in [1.165, 1.54) is 16.7 Å². The SMILES string of the molecule is C=CCNC(=S)NNC(=O)COc1c(Br)cc(C)c2c1CCC2. The number of hydrogen-bond donors (Lipinski definition) is 3. The molecule has 124 valence electrons. The Balaban J connectivity index is 1.89. The van der Waals surface area contributed by atoms with Crippen LogP contribution in [0.1, 0.15) is 23.1 Å². The molecular formula is C16H20BrN3O2S. The van der Waals surface area contributed by atoms with Gasteiger partial charge >= 0.3 is 0 Å². The molecule has 0 bridgehead atoms. The Morgan fingerprint density at radius 3 is 2.91 bits per heavy atom. The molecule has 0 saturated carbocycles. The van der Waals surface area contributed by atoms with Crippen LogP contribution >= 0.6 is 28.1 Å². The molecule has 23 heavy (non-hydrogen) atoms. The summed E-state index contributed by atoms with van der Waals surface area (Å²) in [4.78, 5) is 11.9. The second kappa shape index (κ2) is 8.31. The number of fused-ring (bicyclic) bond motifs is 1. The van der Waals surface area contributed by atoms with Gasteiger partial charge in [-0.2, -0.15) is 0 Å². The van der Waals surface area contributed by atoms with Gasteiger partial charge in [-0.1, -0.05) is 6.08 Å². The van der Waals surface area contributed by atoms with Gasteiger partial charge in [0.25, 0.3) is 5.91 Å². The minimum atomic E-state index is -0.299. The van der Waals surface area contributed by atoms with Crippen LogP contribution in [-0.2, 0) is 17.6 Å². The topological polar surface area (TPSA) is 62.4 Å². The van der Waals surface area contributed by atoms with Crippen molar-refractivity contribution in [3.05, 3.63) is 39.9 Å². The van der Waals surface area contributed by atoms with Gasteiger partial charge in [-0.25, -0.2) is 0 Å². The molecule has 0 atom stereocenters. The van der Waals surface area contributed by atoms with Gasteiger partial charge < -0.3 is 10.1 Å². The Hall–Kier alpha value is -1.60. The number of carbonyl (C=O) groups excluding carboxylic acids is 1. The van der Waals surface area contributed by atoms with Gasteiger partial charge in [0.05, 0.1) is 4.47 Å². The maximum absolute atomic E-state index is 11.9. The zero-order chi connectivity index (χ0) is 16.8. The van der Waals surface area contributed by atoms with Crippen LogP contribution in [0.2, 0.25) is 0 Å². The fraction of sp³-hybridized carbons (Fsp3) is 0.375. The predicted octanol–water partition coefficient (Wildman–Crippen LogP) is 2.31. The minimum absolute atomic E-state index is 0.0782. The molecular weight excluding hydrogens is 378 g/mol. The predicted molar refractivity (Wildman–Crippen MR) is 98.5 cm³/mol. The van der Waals surface area contributed by atoms with Crippen molar-refractivity contribution in [1.82, 2.24) is 16.2 Å². The number of hydrazine groups is 1. The molecule has 0 aliphatic heterocycles. The summed E-state index contributed by atoms with van der Waals surface area (Å²) in [7, 11) is 0. The van der Waals surface area contributed by atoms with Crippen molar-refractivity contribution in [2.45, 2.75) is 26.2 Å². The van der Waals surface area contributed by atoms with Crippen LogP contribution in [-0.4, -0.2) is 24.2 Å². The largest absolute Gasteiger partial charge is 0.482 e. The first-order valence-corrected chi connectivity index (χ1v) is 8.60. The van der Waals surface area contributed by atoms with Gasteiger partial charge in [-0.15, -0.1) is 6.58 Å². The summed E-state index contributed by atoms with van der Waals surface area (Å²) >= 11 is 8.51. The third-order valence-corrected chi connectivity index (χ3v) is 4.43. The molecule has 1 aromatic carbocycles. The number of carbonyl (C=O) groups is 1. The van der Waals surface area contributed by atoms with E-state index in [2.05, 4.69) is 45.6 Å². The van der Waals surface area contributed by atoms with E-state index in [-0.39, 0.29) is 12.5 Å². The average molecular weight is 398 g/mol. The van der Waals surface area contributed by atoms with E-state index in [4.69, 9.17) is 17.0 Å². The number of nitrogens with one attached hydrogen (secondary N) is 3. The number of thiocarbonyl (C=S) groups is 1. The highest BCUT2D eigenvalue weighted by molar-refractivity contribution is 9.10. The lowest BCUT2D eigenvalue weighted by Gasteiger charge is -2.15. The zero-order valence-electron chi connectivity index (χ0n) is 13.0. The molecule has 0 fully saturated rings. The van der Waals surface area contributed by atoms with Gasteiger partial charge in [0.1, 0.15) is 5.75 Å². The summed E-state index contributed by atoms with van der Waals surface area (Å²) in [6.45, 7) is 6.13. The summed E-state index contributed by atoms with van der Waals surface area (Å²) in [6.07, 6.45) is 4.86. The third kappa shape index (κ3) is 4.68. The molecule has 3 N–H and O–H groups in total. The van der Waals surface area contributed by atoms with E-state index in [1.807, 2.05) is 6.07 Å². The second-order valence-electron chi connectivity index (χ2n) is 5.28. The first kappa shape index (κ1) is 17.7. The van der Waals surface area contributed by atoms with Crippen molar-refractivity contribution in [1.29, 1.82) is 0 Å². The highest BCUT2D eigenvalue weighted by Crippen LogP contribution is 2.38. The van der Waals surface area contributed by atoms with E-state index in [0.717, 1.165) is 29.5 Å². The van der Waals surface area contributed by atoms with Crippen molar-refractivity contribution in [2.24, 2.45) is 0 Å². The monoisotopic (exact) mass is 397 g/mol. The fourth-order valence-electron chi connectivity index (χ4n) is 2.58. The van der Waals surface area contributed by atoms with Gasteiger partial charge in [0, 0.05) is 6.54 Å². The number of hydrogen-bond acceptors (Lipinski definition) is 3. The van der Waals surface area contributed by atoms with Gasteiger partial charge in [0.15, 0.2) is 11.7 Å². The molecule has 1 aliphatic carbocycles. The molecule has 1 aromatic rings. The minimum Gasteiger partial charge on any atom is -0.482 e. The van der Waals surface area contributed by atoms with E-state index in [9.17, 15) is 4.79 Å². The summed E-state index contributed by atoms with van der Waals surface area (Å²) in [5, 5.41) is 3.18. The maximum atomic E-state index is 11.9. The summed E-state index contributed by atoms with van der Waals surface area (Å²) < 4.78 is 6.62. The van der Waals surface area contributed by atoms with Crippen LogP contribution < -0.4 is 20.9 Å². The van der Waals surface area contributed by atoms with Crippen molar-refractivity contribution in [3.8, 4) is 5.75 Å². The van der Waals surface area contributed by atoms with E-state index in [0.29, 0.717) is 11.7 Å². The summed E-state index contributed by atoms with van der Waals surface area (Å²) in [5.74, 6) is 0.470. The smallest absolute Gasteiger partial charge is 0.276 e. The number of benzene rings is 1. The fourth-order valence-corrected chi connectivity index (χ4v) is 3.41. The highest BCUT2D eigenvalue weighted by atomic mass is 79.9. The summed E-state index contributed by atoms with van der Waals surface area (Å²) in [5.41, 5.74) is 8.92. The Kier molecular flexibility index (Phi) is 6.41.